The molecule has 96 valence electrons. The van der Waals surface area contributed by atoms with Gasteiger partial charge in [-0.15, -0.1) is 0 Å². The summed E-state index contributed by atoms with van der Waals surface area (Å²) in [5, 5.41) is 10.4. The highest BCUT2D eigenvalue weighted by Gasteiger charge is 2.31. The normalized spacial score (nSPS) is 27.0. The van der Waals surface area contributed by atoms with E-state index in [-0.39, 0.29) is 0 Å². The van der Waals surface area contributed by atoms with E-state index in [1.54, 1.807) is 0 Å². The zero-order chi connectivity index (χ0) is 12.2. The Bertz CT molecular complexity index is 202. The van der Waals surface area contributed by atoms with Crippen LogP contribution in [0.4, 0.5) is 0 Å². The molecule has 1 aliphatic heterocycles. The minimum atomic E-state index is -0.579. The summed E-state index contributed by atoms with van der Waals surface area (Å²) in [6, 6.07) is 0.587. The summed E-state index contributed by atoms with van der Waals surface area (Å²) in [7, 11) is 0. The highest BCUT2D eigenvalue weighted by Crippen LogP contribution is 2.24. The molecular weight excluding hydrogens is 200 g/mol. The number of nitrogens with two attached hydrogens (primary N) is 1. The molecule has 1 rings (SSSR count). The third-order valence-corrected chi connectivity index (χ3v) is 4.02. The lowest BCUT2D eigenvalue weighted by Gasteiger charge is -2.41. The largest absolute Gasteiger partial charge is 0.389 e. The Balaban J connectivity index is 2.55. The van der Waals surface area contributed by atoms with E-state index in [9.17, 15) is 5.11 Å². The van der Waals surface area contributed by atoms with Crippen molar-refractivity contribution < 1.29 is 5.11 Å². The van der Waals surface area contributed by atoms with Crippen LogP contribution in [0.15, 0.2) is 0 Å². The number of hydrogen-bond acceptors (Lipinski definition) is 3. The predicted octanol–water partition coefficient (Wildman–Crippen LogP) is 1.60. The van der Waals surface area contributed by atoms with Crippen molar-refractivity contribution in [2.75, 3.05) is 19.6 Å². The van der Waals surface area contributed by atoms with E-state index in [2.05, 4.69) is 18.7 Å². The summed E-state index contributed by atoms with van der Waals surface area (Å²) in [5.41, 5.74) is 5.08. The van der Waals surface area contributed by atoms with Crippen molar-refractivity contribution in [2.24, 2.45) is 11.7 Å². The van der Waals surface area contributed by atoms with Crippen molar-refractivity contribution in [2.45, 2.75) is 58.1 Å². The van der Waals surface area contributed by atoms with Gasteiger partial charge >= 0.3 is 0 Å². The fraction of sp³-hybridized carbons (Fsp3) is 1.00. The topological polar surface area (TPSA) is 49.5 Å². The molecule has 3 nitrogen and oxygen atoms in total. The van der Waals surface area contributed by atoms with Gasteiger partial charge in [-0.3, -0.25) is 4.90 Å². The van der Waals surface area contributed by atoms with Crippen molar-refractivity contribution in [3.05, 3.63) is 0 Å². The van der Waals surface area contributed by atoms with Gasteiger partial charge in [0, 0.05) is 12.6 Å². The summed E-state index contributed by atoms with van der Waals surface area (Å²) >= 11 is 0. The molecule has 2 atom stereocenters. The van der Waals surface area contributed by atoms with Gasteiger partial charge in [0.05, 0.1) is 5.60 Å². The maximum absolute atomic E-state index is 10.4. The van der Waals surface area contributed by atoms with Crippen LogP contribution in [0.2, 0.25) is 0 Å². The predicted molar refractivity (Wildman–Crippen MR) is 68.3 cm³/mol. The van der Waals surface area contributed by atoms with Crippen LogP contribution in [-0.2, 0) is 0 Å². The number of hydrogen-bond donors (Lipinski definition) is 2. The number of piperidine rings is 1. The lowest BCUT2D eigenvalue weighted by atomic mass is 9.89. The van der Waals surface area contributed by atoms with Gasteiger partial charge in [0.1, 0.15) is 0 Å². The SMILES string of the molecule is CC(C)C(C)(O)CN1CCCCC1CCN. The Labute approximate surface area is 100 Å². The smallest absolute Gasteiger partial charge is 0.0768 e. The van der Waals surface area contributed by atoms with Crippen molar-refractivity contribution in [3.63, 3.8) is 0 Å². The zero-order valence-corrected chi connectivity index (χ0v) is 11.1. The second kappa shape index (κ2) is 5.99. The summed E-state index contributed by atoms with van der Waals surface area (Å²) < 4.78 is 0. The van der Waals surface area contributed by atoms with Crippen LogP contribution in [-0.4, -0.2) is 41.3 Å². The molecule has 0 aliphatic carbocycles. The van der Waals surface area contributed by atoms with Crippen molar-refractivity contribution in [1.82, 2.24) is 4.90 Å². The first kappa shape index (κ1) is 13.9. The fourth-order valence-electron chi connectivity index (χ4n) is 2.38. The monoisotopic (exact) mass is 228 g/mol. The summed E-state index contributed by atoms with van der Waals surface area (Å²) in [4.78, 5) is 2.44. The number of aliphatic hydroxyl groups is 1. The van der Waals surface area contributed by atoms with Crippen molar-refractivity contribution in [1.29, 1.82) is 0 Å². The van der Waals surface area contributed by atoms with Gasteiger partial charge in [-0.1, -0.05) is 20.3 Å². The molecule has 3 heteroatoms. The van der Waals surface area contributed by atoms with Gasteiger partial charge < -0.3 is 10.8 Å². The molecule has 3 N–H and O–H groups in total. The van der Waals surface area contributed by atoms with E-state index in [0.717, 1.165) is 26.1 Å². The minimum absolute atomic E-state index is 0.299. The average Bonchev–Trinajstić information content (AvgIpc) is 2.20. The van der Waals surface area contributed by atoms with Crippen LogP contribution >= 0.6 is 0 Å². The van der Waals surface area contributed by atoms with Crippen molar-refractivity contribution >= 4 is 0 Å². The van der Waals surface area contributed by atoms with E-state index in [1.807, 2.05) is 6.92 Å². The average molecular weight is 228 g/mol. The van der Waals surface area contributed by atoms with Gasteiger partial charge in [0.25, 0.3) is 0 Å². The van der Waals surface area contributed by atoms with Crippen LogP contribution in [0.1, 0.15) is 46.5 Å². The van der Waals surface area contributed by atoms with Gasteiger partial charge in [-0.05, 0) is 45.2 Å². The van der Waals surface area contributed by atoms with Gasteiger partial charge in [-0.25, -0.2) is 0 Å². The van der Waals surface area contributed by atoms with Crippen LogP contribution in [0.25, 0.3) is 0 Å². The molecule has 0 aromatic rings. The molecule has 0 aromatic carbocycles. The second-order valence-electron chi connectivity index (χ2n) is 5.71. The highest BCUT2D eigenvalue weighted by atomic mass is 16.3. The fourth-order valence-corrected chi connectivity index (χ4v) is 2.38. The molecule has 1 saturated heterocycles. The molecule has 1 heterocycles. The second-order valence-corrected chi connectivity index (χ2v) is 5.71. The van der Waals surface area contributed by atoms with Gasteiger partial charge in [-0.2, -0.15) is 0 Å². The maximum Gasteiger partial charge on any atom is 0.0768 e. The van der Waals surface area contributed by atoms with Crippen molar-refractivity contribution in [3.8, 4) is 0 Å². The standard InChI is InChI=1S/C13H28N2O/c1-11(2)13(3,16)10-15-9-5-4-6-12(15)7-8-14/h11-12,16H,4-10,14H2,1-3H3. The van der Waals surface area contributed by atoms with Gasteiger partial charge in [0.2, 0.25) is 0 Å². The quantitative estimate of drug-likeness (QED) is 0.751. The molecule has 0 amide bonds. The molecule has 0 spiro atoms. The first-order valence-electron chi connectivity index (χ1n) is 6.64. The lowest BCUT2D eigenvalue weighted by molar-refractivity contribution is -0.0365. The number of likely N-dealkylation sites (tertiary alicyclic amines) is 1. The summed E-state index contributed by atoms with van der Waals surface area (Å²) in [6.45, 7) is 8.78. The molecule has 2 unspecified atom stereocenters. The molecular formula is C13H28N2O. The summed E-state index contributed by atoms with van der Waals surface area (Å²) in [6.07, 6.45) is 4.87. The lowest BCUT2D eigenvalue weighted by Crippen LogP contribution is -2.50. The zero-order valence-electron chi connectivity index (χ0n) is 11.1. The first-order valence-corrected chi connectivity index (χ1v) is 6.64. The highest BCUT2D eigenvalue weighted by molar-refractivity contribution is 4.86. The van der Waals surface area contributed by atoms with Crippen LogP contribution in [0, 0.1) is 5.92 Å². The van der Waals surface area contributed by atoms with E-state index in [4.69, 9.17) is 5.73 Å². The maximum atomic E-state index is 10.4. The molecule has 1 aliphatic rings. The molecule has 0 bridgehead atoms. The molecule has 1 fully saturated rings. The minimum Gasteiger partial charge on any atom is -0.389 e. The Hall–Kier alpha value is -0.120. The van der Waals surface area contributed by atoms with Crippen LogP contribution in [0.5, 0.6) is 0 Å². The third-order valence-electron chi connectivity index (χ3n) is 4.02. The number of β-amino-alcohol motifs (C(OH)–C–C–N with tert-alkyl or cyclic N) is 1. The van der Waals surface area contributed by atoms with Crippen LogP contribution < -0.4 is 5.73 Å². The van der Waals surface area contributed by atoms with E-state index in [1.165, 1.54) is 19.3 Å². The number of nitrogens with zero attached hydrogens (tertiary/aromatic N) is 1. The Kier molecular flexibility index (Phi) is 5.22. The van der Waals surface area contributed by atoms with E-state index >= 15 is 0 Å². The van der Waals surface area contributed by atoms with Crippen LogP contribution in [0.3, 0.4) is 0 Å². The van der Waals surface area contributed by atoms with E-state index in [0.29, 0.717) is 12.0 Å². The molecule has 0 saturated carbocycles. The molecule has 16 heavy (non-hydrogen) atoms. The Morgan fingerprint density at radius 3 is 2.69 bits per heavy atom. The third kappa shape index (κ3) is 3.72. The number of rotatable bonds is 5. The Morgan fingerprint density at radius 1 is 1.44 bits per heavy atom. The molecule has 0 aromatic heterocycles. The summed E-state index contributed by atoms with van der Waals surface area (Å²) in [5.74, 6) is 0.299. The van der Waals surface area contributed by atoms with E-state index < -0.39 is 5.60 Å². The van der Waals surface area contributed by atoms with Gasteiger partial charge in [0.15, 0.2) is 0 Å². The Morgan fingerprint density at radius 2 is 2.12 bits per heavy atom. The first-order chi connectivity index (χ1) is 7.47. The molecule has 0 radical (unpaired) electrons.